The zero-order valence-corrected chi connectivity index (χ0v) is 11.2. The first-order chi connectivity index (χ1) is 9.54. The van der Waals surface area contributed by atoms with Gasteiger partial charge in [0.05, 0.1) is 18.1 Å². The minimum Gasteiger partial charge on any atom is -0.465 e. The van der Waals surface area contributed by atoms with E-state index in [2.05, 4.69) is 15.0 Å². The fourth-order valence-corrected chi connectivity index (χ4v) is 2.35. The number of hydrogen-bond acceptors (Lipinski definition) is 5. The number of pyridine rings is 1. The smallest absolute Gasteiger partial charge is 0.343 e. The van der Waals surface area contributed by atoms with Gasteiger partial charge in [-0.1, -0.05) is 5.21 Å². The molecule has 0 atom stereocenters. The minimum atomic E-state index is -0.647. The lowest BCUT2D eigenvalue weighted by Crippen LogP contribution is -2.19. The van der Waals surface area contributed by atoms with Crippen molar-refractivity contribution in [2.24, 2.45) is 14.1 Å². The fraction of sp³-hybridized carbons (Fsp3) is 0.231. The van der Waals surface area contributed by atoms with E-state index in [0.29, 0.717) is 16.4 Å². The highest BCUT2D eigenvalue weighted by molar-refractivity contribution is 6.03. The molecule has 0 unspecified atom stereocenters. The maximum absolute atomic E-state index is 12.4. The molecule has 7 heteroatoms. The lowest BCUT2D eigenvalue weighted by Gasteiger charge is -2.08. The number of aryl methyl sites for hydroxylation is 2. The topological polar surface area (TPSA) is 79.0 Å². The molecule has 0 aliphatic heterocycles. The van der Waals surface area contributed by atoms with E-state index < -0.39 is 5.97 Å². The number of carbonyl (C=O) groups is 1. The number of rotatable bonds is 1. The van der Waals surface area contributed by atoms with E-state index in [1.807, 2.05) is 0 Å². The van der Waals surface area contributed by atoms with Gasteiger partial charge in [-0.2, -0.15) is 0 Å². The van der Waals surface area contributed by atoms with Gasteiger partial charge >= 0.3 is 5.97 Å². The molecule has 2 aromatic heterocycles. The average Bonchev–Trinajstić information content (AvgIpc) is 2.83. The second-order valence-electron chi connectivity index (χ2n) is 4.52. The highest BCUT2D eigenvalue weighted by Gasteiger charge is 2.17. The molecule has 0 saturated heterocycles. The molecule has 3 rings (SSSR count). The number of methoxy groups -OCH3 is 1. The molecule has 102 valence electrons. The third kappa shape index (κ3) is 1.52. The summed E-state index contributed by atoms with van der Waals surface area (Å²) in [5.41, 5.74) is 1.73. The van der Waals surface area contributed by atoms with Crippen molar-refractivity contribution in [2.75, 3.05) is 7.11 Å². The molecular formula is C13H12N4O3. The number of aromatic nitrogens is 4. The molecule has 0 aliphatic carbocycles. The Balaban J connectivity index is 2.51. The number of fused-ring (bicyclic) bond motifs is 3. The Hall–Kier alpha value is -2.70. The summed E-state index contributed by atoms with van der Waals surface area (Å²) in [4.78, 5) is 24.0. The van der Waals surface area contributed by atoms with E-state index in [1.54, 1.807) is 35.5 Å². The summed E-state index contributed by atoms with van der Waals surface area (Å²) in [6.45, 7) is 0. The molecule has 0 radical (unpaired) electrons. The van der Waals surface area contributed by atoms with Gasteiger partial charge in [0.25, 0.3) is 0 Å². The SMILES string of the molecule is COC(=O)c1cn(C)c2c(ccc3c2nnn3C)c1=O. The van der Waals surface area contributed by atoms with E-state index >= 15 is 0 Å². The number of benzene rings is 1. The van der Waals surface area contributed by atoms with Crippen molar-refractivity contribution in [3.8, 4) is 0 Å². The van der Waals surface area contributed by atoms with Gasteiger partial charge in [-0.05, 0) is 12.1 Å². The predicted octanol–water partition coefficient (Wildman–Crippen LogP) is 0.607. The van der Waals surface area contributed by atoms with Crippen molar-refractivity contribution in [1.29, 1.82) is 0 Å². The van der Waals surface area contributed by atoms with E-state index in [1.165, 1.54) is 13.3 Å². The molecule has 20 heavy (non-hydrogen) atoms. The van der Waals surface area contributed by atoms with E-state index in [0.717, 1.165) is 5.52 Å². The van der Waals surface area contributed by atoms with Gasteiger partial charge in [0.1, 0.15) is 11.1 Å². The first kappa shape index (κ1) is 12.3. The van der Waals surface area contributed by atoms with Crippen molar-refractivity contribution in [3.05, 3.63) is 34.1 Å². The van der Waals surface area contributed by atoms with Crippen LogP contribution in [0.3, 0.4) is 0 Å². The molecule has 0 spiro atoms. The van der Waals surface area contributed by atoms with Crippen LogP contribution in [0.4, 0.5) is 0 Å². The van der Waals surface area contributed by atoms with Gasteiger partial charge in [0.2, 0.25) is 5.43 Å². The second-order valence-corrected chi connectivity index (χ2v) is 4.52. The van der Waals surface area contributed by atoms with Gasteiger partial charge in [0, 0.05) is 25.7 Å². The lowest BCUT2D eigenvalue weighted by molar-refractivity contribution is 0.0598. The van der Waals surface area contributed by atoms with Crippen LogP contribution in [0.1, 0.15) is 10.4 Å². The quantitative estimate of drug-likeness (QED) is 0.606. The largest absolute Gasteiger partial charge is 0.465 e. The molecule has 0 aliphatic rings. The number of carbonyl (C=O) groups excluding carboxylic acids is 1. The Morgan fingerprint density at radius 2 is 2.05 bits per heavy atom. The second kappa shape index (κ2) is 4.16. The van der Waals surface area contributed by atoms with Gasteiger partial charge in [-0.25, -0.2) is 9.48 Å². The highest BCUT2D eigenvalue weighted by Crippen LogP contribution is 2.21. The maximum atomic E-state index is 12.4. The predicted molar refractivity (Wildman–Crippen MR) is 72.6 cm³/mol. The first-order valence-electron chi connectivity index (χ1n) is 5.94. The third-order valence-corrected chi connectivity index (χ3v) is 3.33. The number of hydrogen-bond donors (Lipinski definition) is 0. The molecule has 0 fully saturated rings. The normalized spacial score (nSPS) is 11.2. The Morgan fingerprint density at radius 3 is 2.75 bits per heavy atom. The lowest BCUT2D eigenvalue weighted by atomic mass is 10.1. The maximum Gasteiger partial charge on any atom is 0.343 e. The molecular weight excluding hydrogens is 260 g/mol. The van der Waals surface area contributed by atoms with E-state index in [-0.39, 0.29) is 11.0 Å². The monoisotopic (exact) mass is 272 g/mol. The summed E-state index contributed by atoms with van der Waals surface area (Å²) in [7, 11) is 4.78. The standard InChI is InChI=1S/C13H12N4O3/c1-16-6-8(13(19)20-3)12(18)7-4-5-9-10(11(7)16)14-15-17(9)2/h4-6H,1-3H3. The van der Waals surface area contributed by atoms with Crippen LogP contribution >= 0.6 is 0 Å². The van der Waals surface area contributed by atoms with Crippen molar-refractivity contribution in [1.82, 2.24) is 19.6 Å². The minimum absolute atomic E-state index is 0.00532. The fourth-order valence-electron chi connectivity index (χ4n) is 2.35. The Labute approximate surface area is 113 Å². The summed E-state index contributed by atoms with van der Waals surface area (Å²) < 4.78 is 7.96. The van der Waals surface area contributed by atoms with E-state index in [9.17, 15) is 9.59 Å². The zero-order valence-electron chi connectivity index (χ0n) is 11.2. The Bertz CT molecular complexity index is 907. The van der Waals surface area contributed by atoms with Gasteiger partial charge in [-0.3, -0.25) is 4.79 Å². The van der Waals surface area contributed by atoms with Crippen LogP contribution in [0.2, 0.25) is 0 Å². The van der Waals surface area contributed by atoms with Gasteiger partial charge < -0.3 is 9.30 Å². The molecule has 0 bridgehead atoms. The summed E-state index contributed by atoms with van der Waals surface area (Å²) in [5, 5.41) is 8.45. The van der Waals surface area contributed by atoms with Gasteiger partial charge in [0.15, 0.2) is 0 Å². The summed E-state index contributed by atoms with van der Waals surface area (Å²) in [6, 6.07) is 3.44. The molecule has 3 aromatic rings. The van der Waals surface area contributed by atoms with Crippen LogP contribution in [0.25, 0.3) is 21.9 Å². The van der Waals surface area contributed by atoms with Crippen molar-refractivity contribution in [2.45, 2.75) is 0 Å². The number of nitrogens with zero attached hydrogens (tertiary/aromatic N) is 4. The molecule has 7 nitrogen and oxygen atoms in total. The van der Waals surface area contributed by atoms with E-state index in [4.69, 9.17) is 0 Å². The number of ether oxygens (including phenoxy) is 1. The molecule has 2 heterocycles. The van der Waals surface area contributed by atoms with Crippen LogP contribution in [0.15, 0.2) is 23.1 Å². The van der Waals surface area contributed by atoms with Crippen LogP contribution in [-0.4, -0.2) is 32.6 Å². The molecule has 1 aromatic carbocycles. The van der Waals surface area contributed by atoms with Crippen LogP contribution in [-0.2, 0) is 18.8 Å². The number of esters is 1. The third-order valence-electron chi connectivity index (χ3n) is 3.33. The Morgan fingerprint density at radius 1 is 1.30 bits per heavy atom. The molecule has 0 saturated carbocycles. The summed E-state index contributed by atoms with van der Waals surface area (Å²) >= 11 is 0. The Kier molecular flexibility index (Phi) is 2.56. The van der Waals surface area contributed by atoms with Crippen molar-refractivity contribution >= 4 is 27.9 Å². The summed E-state index contributed by atoms with van der Waals surface area (Å²) in [6.07, 6.45) is 1.46. The van der Waals surface area contributed by atoms with Crippen LogP contribution in [0.5, 0.6) is 0 Å². The van der Waals surface area contributed by atoms with Crippen LogP contribution in [0, 0.1) is 0 Å². The highest BCUT2D eigenvalue weighted by atomic mass is 16.5. The molecule has 0 amide bonds. The zero-order chi connectivity index (χ0) is 14.4. The summed E-state index contributed by atoms with van der Waals surface area (Å²) in [5.74, 6) is -0.647. The molecule has 0 N–H and O–H groups in total. The first-order valence-corrected chi connectivity index (χ1v) is 5.94. The van der Waals surface area contributed by atoms with Crippen LogP contribution < -0.4 is 5.43 Å². The van der Waals surface area contributed by atoms with Crippen molar-refractivity contribution < 1.29 is 9.53 Å². The van der Waals surface area contributed by atoms with Gasteiger partial charge in [-0.15, -0.1) is 5.10 Å². The van der Waals surface area contributed by atoms with Crippen molar-refractivity contribution in [3.63, 3.8) is 0 Å². The average molecular weight is 272 g/mol.